The fourth-order valence-corrected chi connectivity index (χ4v) is 1.86. The molecule has 136 valence electrons. The summed E-state index contributed by atoms with van der Waals surface area (Å²) in [5.41, 5.74) is 0. The highest BCUT2D eigenvalue weighted by Gasteiger charge is 2.04. The number of hydrogen-bond acceptors (Lipinski definition) is 6. The Labute approximate surface area is 154 Å². The molecule has 1 aromatic rings. The van der Waals surface area contributed by atoms with E-state index in [2.05, 4.69) is 27.9 Å². The molecule has 1 aromatic carbocycles. The fraction of sp³-hybridized carbons (Fsp3) is 0.467. The highest BCUT2D eigenvalue weighted by atomic mass is 127. The maximum Gasteiger partial charge on any atom is 0.414 e. The summed E-state index contributed by atoms with van der Waals surface area (Å²) < 4.78 is 17.1. The molecule has 0 saturated heterocycles. The maximum atomic E-state index is 9.10. The van der Waals surface area contributed by atoms with Gasteiger partial charge in [-0.05, 0) is 34.7 Å². The largest absolute Gasteiger partial charge is 0.490 e. The van der Waals surface area contributed by atoms with Gasteiger partial charge in [0.2, 0.25) is 0 Å². The Bertz CT molecular complexity index is 473. The summed E-state index contributed by atoms with van der Waals surface area (Å²) in [5, 5.41) is 18.0. The second-order valence-electron chi connectivity index (χ2n) is 4.24. The Kier molecular flexibility index (Phi) is 14.2. The molecule has 0 aromatic heterocycles. The summed E-state index contributed by atoms with van der Waals surface area (Å²) >= 11 is 2.26. The van der Waals surface area contributed by atoms with Crippen LogP contribution in [0.25, 0.3) is 0 Å². The van der Waals surface area contributed by atoms with Crippen LogP contribution in [0.1, 0.15) is 0 Å². The van der Waals surface area contributed by atoms with Gasteiger partial charge in [0.25, 0.3) is 0 Å². The lowest BCUT2D eigenvalue weighted by atomic mass is 10.3. The van der Waals surface area contributed by atoms with Gasteiger partial charge in [0.05, 0.1) is 23.4 Å². The minimum Gasteiger partial charge on any atom is -0.490 e. The second kappa shape index (κ2) is 15.1. The van der Waals surface area contributed by atoms with Gasteiger partial charge in [-0.15, -0.1) is 0 Å². The van der Waals surface area contributed by atoms with Crippen LogP contribution in [0.5, 0.6) is 5.75 Å². The number of benzene rings is 1. The molecule has 3 N–H and O–H groups in total. The quantitative estimate of drug-likeness (QED) is 0.273. The molecule has 0 aliphatic carbocycles. The Morgan fingerprint density at radius 3 is 2.25 bits per heavy atom. The van der Waals surface area contributed by atoms with E-state index in [0.29, 0.717) is 19.8 Å². The molecule has 8 nitrogen and oxygen atoms in total. The summed E-state index contributed by atoms with van der Waals surface area (Å²) in [7, 11) is 1.69. The minimum absolute atomic E-state index is 0.581. The third kappa shape index (κ3) is 13.0. The first-order chi connectivity index (χ1) is 11.5. The number of para-hydroxylation sites is 1. The molecule has 0 spiro atoms. The number of rotatable bonds is 10. The number of carboxylic acids is 2. The zero-order valence-corrected chi connectivity index (χ0v) is 15.5. The van der Waals surface area contributed by atoms with Gasteiger partial charge in [-0.25, -0.2) is 9.59 Å². The van der Waals surface area contributed by atoms with Crippen LogP contribution in [0.2, 0.25) is 0 Å². The van der Waals surface area contributed by atoms with Crippen molar-refractivity contribution in [2.45, 2.75) is 0 Å². The van der Waals surface area contributed by atoms with Crippen LogP contribution in [-0.4, -0.2) is 68.8 Å². The lowest BCUT2D eigenvalue weighted by molar-refractivity contribution is -0.159. The molecule has 0 heterocycles. The standard InChI is InChI=1S/C13H20INO3.C2H2O4/c1-16-8-6-15-7-9-17-10-11-18-13-5-3-2-4-12(13)14;3-1(4)2(5)6/h2-5,15H,6-11H2,1H3;(H,3,4)(H,5,6). The van der Waals surface area contributed by atoms with Crippen LogP contribution < -0.4 is 10.1 Å². The van der Waals surface area contributed by atoms with Gasteiger partial charge in [-0.2, -0.15) is 0 Å². The van der Waals surface area contributed by atoms with E-state index in [-0.39, 0.29) is 0 Å². The first-order valence-corrected chi connectivity index (χ1v) is 8.17. The normalized spacial score (nSPS) is 9.75. The topological polar surface area (TPSA) is 114 Å². The molecule has 0 unspecified atom stereocenters. The Balaban J connectivity index is 0.000000754. The van der Waals surface area contributed by atoms with Crippen molar-refractivity contribution in [1.82, 2.24) is 5.32 Å². The van der Waals surface area contributed by atoms with E-state index >= 15 is 0 Å². The zero-order chi connectivity index (χ0) is 18.2. The van der Waals surface area contributed by atoms with Crippen molar-refractivity contribution in [3.8, 4) is 5.75 Å². The van der Waals surface area contributed by atoms with Crippen molar-refractivity contribution >= 4 is 34.5 Å². The van der Waals surface area contributed by atoms with Crippen LogP contribution >= 0.6 is 22.6 Å². The van der Waals surface area contributed by atoms with Gasteiger partial charge >= 0.3 is 11.9 Å². The third-order valence-corrected chi connectivity index (χ3v) is 3.30. The second-order valence-corrected chi connectivity index (χ2v) is 5.41. The van der Waals surface area contributed by atoms with Gasteiger partial charge < -0.3 is 29.7 Å². The highest BCUT2D eigenvalue weighted by molar-refractivity contribution is 14.1. The summed E-state index contributed by atoms with van der Waals surface area (Å²) in [6.07, 6.45) is 0. The molecule has 0 bridgehead atoms. The van der Waals surface area contributed by atoms with Crippen LogP contribution in [0.15, 0.2) is 24.3 Å². The molecule has 0 aliphatic rings. The number of aliphatic carboxylic acids is 2. The maximum absolute atomic E-state index is 9.10. The molecule has 24 heavy (non-hydrogen) atoms. The molecule has 0 aliphatic heterocycles. The van der Waals surface area contributed by atoms with Gasteiger partial charge in [-0.3, -0.25) is 0 Å². The smallest absolute Gasteiger partial charge is 0.414 e. The first-order valence-electron chi connectivity index (χ1n) is 7.10. The zero-order valence-electron chi connectivity index (χ0n) is 13.4. The summed E-state index contributed by atoms with van der Waals surface area (Å²) in [5.74, 6) is -2.73. The van der Waals surface area contributed by atoms with Gasteiger partial charge in [0.1, 0.15) is 12.4 Å². The van der Waals surface area contributed by atoms with Gasteiger partial charge in [0.15, 0.2) is 0 Å². The molecular formula is C15H22INO7. The summed E-state index contributed by atoms with van der Waals surface area (Å²) in [6.45, 7) is 4.31. The van der Waals surface area contributed by atoms with Gasteiger partial charge in [0, 0.05) is 20.2 Å². The monoisotopic (exact) mass is 455 g/mol. The van der Waals surface area contributed by atoms with E-state index in [1.807, 2.05) is 24.3 Å². The van der Waals surface area contributed by atoms with Gasteiger partial charge in [-0.1, -0.05) is 12.1 Å². The van der Waals surface area contributed by atoms with Crippen molar-refractivity contribution in [2.24, 2.45) is 0 Å². The summed E-state index contributed by atoms with van der Waals surface area (Å²) in [4.78, 5) is 18.2. The van der Waals surface area contributed by atoms with Crippen LogP contribution in [0.3, 0.4) is 0 Å². The average Bonchev–Trinajstić information content (AvgIpc) is 2.55. The number of halogens is 1. The van der Waals surface area contributed by atoms with Crippen molar-refractivity contribution in [3.05, 3.63) is 27.8 Å². The number of hydrogen-bond donors (Lipinski definition) is 3. The van der Waals surface area contributed by atoms with E-state index in [0.717, 1.165) is 29.0 Å². The first kappa shape index (κ1) is 22.6. The summed E-state index contributed by atoms with van der Waals surface area (Å²) in [6, 6.07) is 7.96. The molecular weight excluding hydrogens is 433 g/mol. The minimum atomic E-state index is -1.82. The van der Waals surface area contributed by atoms with Crippen molar-refractivity contribution in [3.63, 3.8) is 0 Å². The Hall–Kier alpha value is -1.43. The van der Waals surface area contributed by atoms with Crippen molar-refractivity contribution in [1.29, 1.82) is 0 Å². The molecule has 0 fully saturated rings. The van der Waals surface area contributed by atoms with E-state index in [1.54, 1.807) is 7.11 Å². The highest BCUT2D eigenvalue weighted by Crippen LogP contribution is 2.19. The van der Waals surface area contributed by atoms with E-state index < -0.39 is 11.9 Å². The van der Waals surface area contributed by atoms with E-state index in [4.69, 9.17) is 34.0 Å². The molecule has 0 radical (unpaired) electrons. The molecule has 0 saturated carbocycles. The SMILES string of the molecule is COCCNCCOCCOc1ccccc1I.O=C(O)C(=O)O. The van der Waals surface area contributed by atoms with Crippen LogP contribution in [0, 0.1) is 3.57 Å². The lowest BCUT2D eigenvalue weighted by Crippen LogP contribution is -2.24. The molecule has 1 rings (SSSR count). The third-order valence-electron chi connectivity index (χ3n) is 2.41. The predicted octanol–water partition coefficient (Wildman–Crippen LogP) is 1.08. The van der Waals surface area contributed by atoms with Crippen LogP contribution in [0.4, 0.5) is 0 Å². The molecule has 9 heteroatoms. The number of methoxy groups -OCH3 is 1. The number of nitrogens with one attached hydrogen (secondary N) is 1. The number of ether oxygens (including phenoxy) is 3. The van der Waals surface area contributed by atoms with E-state index in [1.165, 1.54) is 0 Å². The predicted molar refractivity (Wildman–Crippen MR) is 95.5 cm³/mol. The molecule has 0 atom stereocenters. The lowest BCUT2D eigenvalue weighted by Gasteiger charge is -2.09. The number of carbonyl (C=O) groups is 2. The average molecular weight is 455 g/mol. The number of carboxylic acid groups (broad SMARTS) is 2. The van der Waals surface area contributed by atoms with Crippen molar-refractivity contribution < 1.29 is 34.0 Å². The fourth-order valence-electron chi connectivity index (χ4n) is 1.32. The Morgan fingerprint density at radius 1 is 1.04 bits per heavy atom. The van der Waals surface area contributed by atoms with Crippen molar-refractivity contribution in [2.75, 3.05) is 46.6 Å². The van der Waals surface area contributed by atoms with Crippen LogP contribution in [-0.2, 0) is 19.1 Å². The van der Waals surface area contributed by atoms with E-state index in [9.17, 15) is 0 Å². The Morgan fingerprint density at radius 2 is 1.67 bits per heavy atom. The molecule has 0 amide bonds.